The van der Waals surface area contributed by atoms with Gasteiger partial charge in [-0.05, 0) is 35.4 Å². The molecule has 126 valence electrons. The topological polar surface area (TPSA) is 23.6 Å². The lowest BCUT2D eigenvalue weighted by Crippen LogP contribution is -2.48. The van der Waals surface area contributed by atoms with Crippen molar-refractivity contribution in [1.82, 2.24) is 9.80 Å². The zero-order valence-electron chi connectivity index (χ0n) is 13.4. The van der Waals surface area contributed by atoms with Crippen molar-refractivity contribution in [3.63, 3.8) is 0 Å². The summed E-state index contributed by atoms with van der Waals surface area (Å²) in [5, 5.41) is 0. The minimum absolute atomic E-state index is 0.175. The van der Waals surface area contributed by atoms with Crippen LogP contribution in [0.3, 0.4) is 0 Å². The monoisotopic (exact) mass is 390 g/mol. The van der Waals surface area contributed by atoms with Gasteiger partial charge in [0.1, 0.15) is 5.82 Å². The number of hydrogen-bond acceptors (Lipinski definition) is 2. The summed E-state index contributed by atoms with van der Waals surface area (Å²) in [6, 6.07) is 14.5. The fourth-order valence-electron chi connectivity index (χ4n) is 2.94. The highest BCUT2D eigenvalue weighted by Gasteiger charge is 2.21. The Morgan fingerprint density at radius 2 is 1.71 bits per heavy atom. The Morgan fingerprint density at radius 3 is 2.38 bits per heavy atom. The molecule has 0 bridgehead atoms. The van der Waals surface area contributed by atoms with Crippen LogP contribution in [0.5, 0.6) is 0 Å². The summed E-state index contributed by atoms with van der Waals surface area (Å²) < 4.78 is 13.9. The number of benzene rings is 2. The maximum atomic E-state index is 12.9. The van der Waals surface area contributed by atoms with Crippen molar-refractivity contribution >= 4 is 21.8 Å². The molecule has 3 rings (SSSR count). The molecule has 5 heteroatoms. The van der Waals surface area contributed by atoms with Crippen molar-refractivity contribution in [2.75, 3.05) is 26.2 Å². The van der Waals surface area contributed by atoms with Crippen LogP contribution in [0, 0.1) is 5.82 Å². The van der Waals surface area contributed by atoms with Crippen LogP contribution in [0.2, 0.25) is 0 Å². The Balaban J connectivity index is 1.49. The van der Waals surface area contributed by atoms with Gasteiger partial charge in [-0.25, -0.2) is 4.39 Å². The summed E-state index contributed by atoms with van der Waals surface area (Å²) in [7, 11) is 0. The number of rotatable bonds is 4. The second-order valence-electron chi connectivity index (χ2n) is 6.09. The van der Waals surface area contributed by atoms with Gasteiger partial charge in [0.2, 0.25) is 5.91 Å². The molecule has 0 aliphatic carbocycles. The summed E-state index contributed by atoms with van der Waals surface area (Å²) in [4.78, 5) is 16.7. The average Bonchev–Trinajstić information content (AvgIpc) is 2.57. The van der Waals surface area contributed by atoms with Crippen LogP contribution in [-0.2, 0) is 17.8 Å². The Morgan fingerprint density at radius 1 is 1.00 bits per heavy atom. The highest BCUT2D eigenvalue weighted by Crippen LogP contribution is 2.14. The van der Waals surface area contributed by atoms with E-state index < -0.39 is 0 Å². The minimum atomic E-state index is -0.207. The number of nitrogens with zero attached hydrogens (tertiary/aromatic N) is 2. The van der Waals surface area contributed by atoms with Crippen molar-refractivity contribution in [2.45, 2.75) is 13.0 Å². The van der Waals surface area contributed by atoms with Crippen LogP contribution in [0.15, 0.2) is 53.0 Å². The Hall–Kier alpha value is -1.72. The lowest BCUT2D eigenvalue weighted by atomic mass is 10.1. The number of carbonyl (C=O) groups excluding carboxylic acids is 1. The van der Waals surface area contributed by atoms with Crippen LogP contribution < -0.4 is 0 Å². The van der Waals surface area contributed by atoms with Gasteiger partial charge in [0.15, 0.2) is 0 Å². The van der Waals surface area contributed by atoms with Crippen molar-refractivity contribution in [3.8, 4) is 0 Å². The highest BCUT2D eigenvalue weighted by molar-refractivity contribution is 9.10. The van der Waals surface area contributed by atoms with Crippen LogP contribution in [-0.4, -0.2) is 41.9 Å². The van der Waals surface area contributed by atoms with Crippen molar-refractivity contribution < 1.29 is 9.18 Å². The van der Waals surface area contributed by atoms with Crippen LogP contribution in [0.4, 0.5) is 4.39 Å². The third kappa shape index (κ3) is 4.65. The zero-order valence-corrected chi connectivity index (χ0v) is 15.0. The van der Waals surface area contributed by atoms with Crippen LogP contribution in [0.25, 0.3) is 0 Å². The Kier molecular flexibility index (Phi) is 5.63. The largest absolute Gasteiger partial charge is 0.340 e. The van der Waals surface area contributed by atoms with E-state index in [0.717, 1.165) is 48.3 Å². The second-order valence-corrected chi connectivity index (χ2v) is 7.01. The first-order valence-electron chi connectivity index (χ1n) is 8.09. The van der Waals surface area contributed by atoms with E-state index in [2.05, 4.69) is 20.8 Å². The second kappa shape index (κ2) is 7.90. The molecule has 0 unspecified atom stereocenters. The van der Waals surface area contributed by atoms with Gasteiger partial charge in [0.05, 0.1) is 6.42 Å². The van der Waals surface area contributed by atoms with E-state index >= 15 is 0 Å². The van der Waals surface area contributed by atoms with Gasteiger partial charge >= 0.3 is 0 Å². The minimum Gasteiger partial charge on any atom is -0.340 e. The summed E-state index contributed by atoms with van der Waals surface area (Å²) in [5.41, 5.74) is 2.13. The van der Waals surface area contributed by atoms with Gasteiger partial charge in [-0.15, -0.1) is 0 Å². The Labute approximate surface area is 150 Å². The lowest BCUT2D eigenvalue weighted by Gasteiger charge is -2.34. The van der Waals surface area contributed by atoms with Gasteiger partial charge in [0.25, 0.3) is 0 Å². The average molecular weight is 391 g/mol. The Bertz CT molecular complexity index is 697. The van der Waals surface area contributed by atoms with E-state index in [9.17, 15) is 9.18 Å². The highest BCUT2D eigenvalue weighted by atomic mass is 79.9. The molecule has 3 nitrogen and oxygen atoms in total. The van der Waals surface area contributed by atoms with Crippen molar-refractivity contribution in [2.24, 2.45) is 0 Å². The first kappa shape index (κ1) is 17.1. The quantitative estimate of drug-likeness (QED) is 0.797. The molecule has 0 N–H and O–H groups in total. The fraction of sp³-hybridized carbons (Fsp3) is 0.316. The number of carbonyl (C=O) groups is 1. The number of piperazine rings is 1. The molecule has 1 heterocycles. The van der Waals surface area contributed by atoms with E-state index in [-0.39, 0.29) is 11.7 Å². The molecule has 1 saturated heterocycles. The van der Waals surface area contributed by atoms with Crippen molar-refractivity contribution in [3.05, 3.63) is 69.9 Å². The summed E-state index contributed by atoms with van der Waals surface area (Å²) >= 11 is 3.44. The molecular weight excluding hydrogens is 371 g/mol. The van der Waals surface area contributed by atoms with Gasteiger partial charge < -0.3 is 4.90 Å². The molecule has 0 saturated carbocycles. The molecule has 1 aliphatic heterocycles. The standard InChI is InChI=1S/C19H20BrFN2O/c20-17-3-1-2-16(12-17)13-19(24)23-10-8-22(9-11-23)14-15-4-6-18(21)7-5-15/h1-7,12H,8-11,13-14H2. The summed E-state index contributed by atoms with van der Waals surface area (Å²) in [6.07, 6.45) is 0.442. The molecule has 1 aliphatic rings. The summed E-state index contributed by atoms with van der Waals surface area (Å²) in [6.45, 7) is 3.99. The lowest BCUT2D eigenvalue weighted by molar-refractivity contribution is -0.132. The predicted octanol–water partition coefficient (Wildman–Crippen LogP) is 3.48. The van der Waals surface area contributed by atoms with E-state index in [1.807, 2.05) is 41.3 Å². The van der Waals surface area contributed by atoms with Crippen molar-refractivity contribution in [1.29, 1.82) is 0 Å². The molecule has 0 spiro atoms. The SMILES string of the molecule is O=C(Cc1cccc(Br)c1)N1CCN(Cc2ccc(F)cc2)CC1. The molecular formula is C19H20BrFN2O. The molecule has 0 atom stereocenters. The van der Waals surface area contributed by atoms with Crippen LogP contribution in [0.1, 0.15) is 11.1 Å². The summed E-state index contributed by atoms with van der Waals surface area (Å²) in [5.74, 6) is -0.0313. The molecule has 0 radical (unpaired) electrons. The van der Waals surface area contributed by atoms with Gasteiger partial charge in [-0.1, -0.05) is 40.2 Å². The van der Waals surface area contributed by atoms with Gasteiger partial charge in [-0.2, -0.15) is 0 Å². The number of halogens is 2. The third-order valence-corrected chi connectivity index (χ3v) is 4.78. The zero-order chi connectivity index (χ0) is 16.9. The predicted molar refractivity (Wildman–Crippen MR) is 96.1 cm³/mol. The van der Waals surface area contributed by atoms with E-state index in [1.54, 1.807) is 0 Å². The molecule has 24 heavy (non-hydrogen) atoms. The van der Waals surface area contributed by atoms with Gasteiger partial charge in [-0.3, -0.25) is 9.69 Å². The maximum absolute atomic E-state index is 12.9. The first-order valence-corrected chi connectivity index (χ1v) is 8.88. The molecule has 2 aromatic carbocycles. The van der Waals surface area contributed by atoms with E-state index in [1.165, 1.54) is 12.1 Å². The fourth-order valence-corrected chi connectivity index (χ4v) is 3.38. The van der Waals surface area contributed by atoms with Gasteiger partial charge in [0, 0.05) is 37.2 Å². The molecule has 0 aromatic heterocycles. The van der Waals surface area contributed by atoms with Crippen LogP contribution >= 0.6 is 15.9 Å². The normalized spacial score (nSPS) is 15.5. The number of amides is 1. The number of hydrogen-bond donors (Lipinski definition) is 0. The van der Waals surface area contributed by atoms with E-state index in [4.69, 9.17) is 0 Å². The molecule has 2 aromatic rings. The molecule has 1 fully saturated rings. The smallest absolute Gasteiger partial charge is 0.227 e. The van der Waals surface area contributed by atoms with E-state index in [0.29, 0.717) is 6.42 Å². The first-order chi connectivity index (χ1) is 11.6. The third-order valence-electron chi connectivity index (χ3n) is 4.29. The molecule has 1 amide bonds. The maximum Gasteiger partial charge on any atom is 0.227 e.